The molecule has 2 unspecified atom stereocenters. The number of rotatable bonds is 6. The Hall–Kier alpha value is -0.220. The minimum atomic E-state index is -1.68. The van der Waals surface area contributed by atoms with E-state index in [-0.39, 0.29) is 42.5 Å². The van der Waals surface area contributed by atoms with Crippen molar-refractivity contribution < 1.29 is 52.9 Å². The monoisotopic (exact) mass is 455 g/mol. The summed E-state index contributed by atoms with van der Waals surface area (Å²) in [6.07, 6.45) is 1.76. The molecule has 5 atom stereocenters. The van der Waals surface area contributed by atoms with Crippen LogP contribution in [0.4, 0.5) is 0 Å². The Balaban J connectivity index is 0.00000288. The van der Waals surface area contributed by atoms with Gasteiger partial charge in [0.15, 0.2) is 5.60 Å². The summed E-state index contributed by atoms with van der Waals surface area (Å²) >= 11 is 0. The minimum absolute atomic E-state index is 0. The predicted octanol–water partition coefficient (Wildman–Crippen LogP) is -2.52. The fourth-order valence-electron chi connectivity index (χ4n) is 3.90. The number of carbonyl (C=O) groups is 1. The fraction of sp³-hybridized carbons (Fsp3) is 0.824. The van der Waals surface area contributed by atoms with E-state index in [1.807, 2.05) is 0 Å². The molecular weight excluding hydrogens is 425 g/mol. The van der Waals surface area contributed by atoms with Crippen molar-refractivity contribution in [3.8, 4) is 0 Å². The van der Waals surface area contributed by atoms with E-state index in [1.165, 1.54) is 7.11 Å². The third-order valence-corrected chi connectivity index (χ3v) is 5.67. The molecule has 2 rings (SSSR count). The van der Waals surface area contributed by atoms with Crippen molar-refractivity contribution in [2.45, 2.75) is 51.0 Å². The molecule has 0 aromatic heterocycles. The molecule has 0 bridgehead atoms. The molecule has 0 radical (unpaired) electrons. The summed E-state index contributed by atoms with van der Waals surface area (Å²) in [6.45, 7) is 7.07. The Kier molecular flexibility index (Phi) is 7.26. The highest BCUT2D eigenvalue weighted by Gasteiger charge is 2.51. The zero-order valence-corrected chi connectivity index (χ0v) is 17.3. The average Bonchev–Trinajstić information content (AvgIpc) is 2.99. The number of carbonyl (C=O) groups excluding carboxylic acids is 1. The molecule has 2 aliphatic rings. The number of aliphatic hydroxyl groups excluding tert-OH is 1. The van der Waals surface area contributed by atoms with Crippen LogP contribution in [0.5, 0.6) is 0 Å². The van der Waals surface area contributed by atoms with Gasteiger partial charge in [-0.25, -0.2) is 4.79 Å². The van der Waals surface area contributed by atoms with Crippen LogP contribution in [-0.2, 0) is 14.3 Å². The van der Waals surface area contributed by atoms with E-state index < -0.39 is 23.8 Å². The Morgan fingerprint density at radius 2 is 2.08 bits per heavy atom. The maximum absolute atomic E-state index is 12.5. The molecular formula is C17H30INO5. The number of ether oxygens (including phenoxy) is 2. The second-order valence-electron chi connectivity index (χ2n) is 7.40. The van der Waals surface area contributed by atoms with Gasteiger partial charge >= 0.3 is 5.97 Å². The number of halogens is 1. The maximum Gasteiger partial charge on any atom is 0.341 e. The van der Waals surface area contributed by atoms with E-state index >= 15 is 0 Å². The highest BCUT2D eigenvalue weighted by Crippen LogP contribution is 2.35. The van der Waals surface area contributed by atoms with E-state index in [4.69, 9.17) is 9.47 Å². The van der Waals surface area contributed by atoms with E-state index in [0.29, 0.717) is 0 Å². The van der Waals surface area contributed by atoms with Gasteiger partial charge in [0.2, 0.25) is 0 Å². The summed E-state index contributed by atoms with van der Waals surface area (Å²) in [5, 5.41) is 20.9. The molecule has 0 aliphatic carbocycles. The molecule has 2 N–H and O–H groups in total. The Morgan fingerprint density at radius 1 is 1.46 bits per heavy atom. The van der Waals surface area contributed by atoms with Gasteiger partial charge in [-0.3, -0.25) is 0 Å². The molecule has 24 heavy (non-hydrogen) atoms. The SMILES string of the molecule is COC(C)[C@](O)(C(=O)OCC1=CC[N+]2(C)CC[C@@H](O)[C@@H]12)C(C)C.[I-]. The Labute approximate surface area is 161 Å². The van der Waals surface area contributed by atoms with E-state index in [9.17, 15) is 15.0 Å². The van der Waals surface area contributed by atoms with Crippen LogP contribution < -0.4 is 24.0 Å². The Bertz CT molecular complexity index is 497. The van der Waals surface area contributed by atoms with E-state index in [2.05, 4.69) is 13.1 Å². The molecule has 1 fully saturated rings. The summed E-state index contributed by atoms with van der Waals surface area (Å²) in [7, 11) is 3.58. The number of nitrogens with zero attached hydrogens (tertiary/aromatic N) is 1. The molecule has 140 valence electrons. The number of aliphatic hydroxyl groups is 2. The fourth-order valence-corrected chi connectivity index (χ4v) is 3.90. The maximum atomic E-state index is 12.5. The van der Waals surface area contributed by atoms with E-state index in [1.54, 1.807) is 20.8 Å². The van der Waals surface area contributed by atoms with Gasteiger partial charge < -0.3 is 48.1 Å². The lowest BCUT2D eigenvalue weighted by molar-refractivity contribution is -0.906. The topological polar surface area (TPSA) is 76.0 Å². The second-order valence-corrected chi connectivity index (χ2v) is 7.40. The molecule has 0 aromatic rings. The predicted molar refractivity (Wildman–Crippen MR) is 85.6 cm³/mol. The normalized spacial score (nSPS) is 32.6. The molecule has 6 nitrogen and oxygen atoms in total. The number of hydrogen-bond donors (Lipinski definition) is 2. The number of fused-ring (bicyclic) bond motifs is 1. The van der Waals surface area contributed by atoms with Gasteiger partial charge in [0.05, 0.1) is 26.2 Å². The average molecular weight is 455 g/mol. The molecule has 2 aliphatic heterocycles. The summed E-state index contributed by atoms with van der Waals surface area (Å²) in [4.78, 5) is 12.5. The Morgan fingerprint density at radius 3 is 2.62 bits per heavy atom. The van der Waals surface area contributed by atoms with Crippen LogP contribution in [0.2, 0.25) is 0 Å². The van der Waals surface area contributed by atoms with Crippen LogP contribution in [0.1, 0.15) is 27.2 Å². The zero-order chi connectivity index (χ0) is 17.4. The molecule has 1 saturated heterocycles. The first-order valence-electron chi connectivity index (χ1n) is 8.30. The number of hydrogen-bond acceptors (Lipinski definition) is 5. The van der Waals surface area contributed by atoms with Gasteiger partial charge in [0.25, 0.3) is 0 Å². The van der Waals surface area contributed by atoms with Crippen molar-refractivity contribution in [3.63, 3.8) is 0 Å². The lowest BCUT2D eigenvalue weighted by Gasteiger charge is -2.35. The number of esters is 1. The van der Waals surface area contributed by atoms with E-state index in [0.717, 1.165) is 29.6 Å². The lowest BCUT2D eigenvalue weighted by atomic mass is 9.85. The molecule has 7 heteroatoms. The molecule has 0 aromatic carbocycles. The van der Waals surface area contributed by atoms with Gasteiger partial charge in [-0.1, -0.05) is 13.8 Å². The first kappa shape index (κ1) is 21.8. The third-order valence-electron chi connectivity index (χ3n) is 5.67. The van der Waals surface area contributed by atoms with Crippen LogP contribution >= 0.6 is 0 Å². The van der Waals surface area contributed by atoms with Gasteiger partial charge in [-0.15, -0.1) is 0 Å². The van der Waals surface area contributed by atoms with Crippen LogP contribution in [-0.4, -0.2) is 78.4 Å². The van der Waals surface area contributed by atoms with Crippen molar-refractivity contribution >= 4 is 5.97 Å². The minimum Gasteiger partial charge on any atom is -1.00 e. The van der Waals surface area contributed by atoms with Gasteiger partial charge in [-0.05, 0) is 18.9 Å². The lowest BCUT2D eigenvalue weighted by Crippen LogP contribution is -3.00. The first-order chi connectivity index (χ1) is 10.7. The third kappa shape index (κ3) is 3.65. The summed E-state index contributed by atoms with van der Waals surface area (Å²) in [5.74, 6) is -1.00. The smallest absolute Gasteiger partial charge is 0.341 e. The summed E-state index contributed by atoms with van der Waals surface area (Å²) in [5.41, 5.74) is -0.734. The standard InChI is InChI=1S/C17H30NO5.HI/c1-11(2)17(21,12(3)22-5)16(20)23-10-13-6-8-18(4)9-7-14(19)15(13)18;/h6,11-12,14-15,19,21H,7-10H2,1-5H3;1H/q+1;/p-1/t12?,14-,15-,17+,18?;/m1./s1. The zero-order valence-electron chi connectivity index (χ0n) is 15.2. The molecule has 0 amide bonds. The molecule has 0 spiro atoms. The van der Waals surface area contributed by atoms with Gasteiger partial charge in [-0.2, -0.15) is 0 Å². The quantitative estimate of drug-likeness (QED) is 0.200. The molecule has 2 heterocycles. The highest BCUT2D eigenvalue weighted by molar-refractivity contribution is 5.80. The number of quaternary nitrogens is 1. The van der Waals surface area contributed by atoms with Crippen molar-refractivity contribution in [1.29, 1.82) is 0 Å². The number of methoxy groups -OCH3 is 1. The van der Waals surface area contributed by atoms with Crippen molar-refractivity contribution in [1.82, 2.24) is 0 Å². The summed E-state index contributed by atoms with van der Waals surface area (Å²) in [6, 6.07) is -0.00482. The summed E-state index contributed by atoms with van der Waals surface area (Å²) < 4.78 is 11.4. The van der Waals surface area contributed by atoms with Gasteiger partial charge in [0, 0.05) is 19.1 Å². The van der Waals surface area contributed by atoms with Crippen LogP contribution in [0.25, 0.3) is 0 Å². The van der Waals surface area contributed by atoms with Crippen LogP contribution in [0.3, 0.4) is 0 Å². The van der Waals surface area contributed by atoms with Crippen LogP contribution in [0.15, 0.2) is 11.6 Å². The second kappa shape index (κ2) is 7.99. The van der Waals surface area contributed by atoms with Crippen molar-refractivity contribution in [2.24, 2.45) is 5.92 Å². The van der Waals surface area contributed by atoms with Crippen molar-refractivity contribution in [2.75, 3.05) is 33.9 Å². The van der Waals surface area contributed by atoms with Gasteiger partial charge in [0.1, 0.15) is 18.8 Å². The first-order valence-corrected chi connectivity index (χ1v) is 8.30. The van der Waals surface area contributed by atoms with Crippen LogP contribution in [0, 0.1) is 5.92 Å². The van der Waals surface area contributed by atoms with Crippen molar-refractivity contribution in [3.05, 3.63) is 11.6 Å². The molecule has 0 saturated carbocycles. The number of likely N-dealkylation sites (N-methyl/N-ethyl adjacent to an activating group) is 1. The largest absolute Gasteiger partial charge is 1.00 e. The highest BCUT2D eigenvalue weighted by atomic mass is 127.